The SMILES string of the molecule is NCC(=O)c1c(N)cccc1O. The first kappa shape index (κ1) is 8.55. The van der Waals surface area contributed by atoms with Gasteiger partial charge in [0.15, 0.2) is 5.78 Å². The number of carbonyl (C=O) groups is 1. The zero-order valence-electron chi connectivity index (χ0n) is 6.45. The van der Waals surface area contributed by atoms with Gasteiger partial charge in [0.05, 0.1) is 12.1 Å². The van der Waals surface area contributed by atoms with Gasteiger partial charge in [0.2, 0.25) is 0 Å². The summed E-state index contributed by atoms with van der Waals surface area (Å²) in [5, 5.41) is 9.24. The maximum Gasteiger partial charge on any atom is 0.182 e. The van der Waals surface area contributed by atoms with Crippen LogP contribution in [0.3, 0.4) is 0 Å². The molecule has 0 spiro atoms. The predicted molar refractivity (Wildman–Crippen MR) is 45.9 cm³/mol. The minimum absolute atomic E-state index is 0.111. The lowest BCUT2D eigenvalue weighted by Crippen LogP contribution is -2.15. The predicted octanol–water partition coefficient (Wildman–Crippen LogP) is 0.116. The summed E-state index contributed by atoms with van der Waals surface area (Å²) >= 11 is 0. The van der Waals surface area contributed by atoms with Crippen LogP contribution >= 0.6 is 0 Å². The fourth-order valence-corrected chi connectivity index (χ4v) is 0.963. The molecule has 4 nitrogen and oxygen atoms in total. The van der Waals surface area contributed by atoms with E-state index in [2.05, 4.69) is 0 Å². The maximum atomic E-state index is 11.1. The summed E-state index contributed by atoms with van der Waals surface area (Å²) in [5.74, 6) is -0.476. The lowest BCUT2D eigenvalue weighted by molar-refractivity contribution is 0.1000. The molecule has 0 atom stereocenters. The van der Waals surface area contributed by atoms with Gasteiger partial charge in [0.1, 0.15) is 5.75 Å². The summed E-state index contributed by atoms with van der Waals surface area (Å²) in [6, 6.07) is 4.51. The third kappa shape index (κ3) is 1.38. The lowest BCUT2D eigenvalue weighted by atomic mass is 10.1. The van der Waals surface area contributed by atoms with Crippen molar-refractivity contribution >= 4 is 11.5 Å². The van der Waals surface area contributed by atoms with Gasteiger partial charge in [-0.1, -0.05) is 6.07 Å². The molecule has 0 saturated heterocycles. The first-order valence-electron chi connectivity index (χ1n) is 3.47. The van der Waals surface area contributed by atoms with E-state index in [1.165, 1.54) is 6.07 Å². The minimum Gasteiger partial charge on any atom is -0.507 e. The number of ketones is 1. The van der Waals surface area contributed by atoms with Crippen molar-refractivity contribution in [1.82, 2.24) is 0 Å². The summed E-state index contributed by atoms with van der Waals surface area (Å²) < 4.78 is 0. The Kier molecular flexibility index (Phi) is 2.30. The molecule has 0 saturated carbocycles. The standard InChI is InChI=1S/C8H10N2O2/c9-4-7(12)8-5(10)2-1-3-6(8)11/h1-3,11H,4,9-10H2. The Balaban J connectivity index is 3.21. The number of phenolic OH excluding ortho intramolecular Hbond substituents is 1. The van der Waals surface area contributed by atoms with Crippen molar-refractivity contribution in [2.75, 3.05) is 12.3 Å². The van der Waals surface area contributed by atoms with Crippen LogP contribution in [0.5, 0.6) is 5.75 Å². The second kappa shape index (κ2) is 3.23. The highest BCUT2D eigenvalue weighted by molar-refractivity contribution is 6.04. The van der Waals surface area contributed by atoms with E-state index in [4.69, 9.17) is 11.5 Å². The highest BCUT2D eigenvalue weighted by Crippen LogP contribution is 2.22. The zero-order valence-corrected chi connectivity index (χ0v) is 6.45. The number of benzene rings is 1. The first-order chi connectivity index (χ1) is 5.66. The first-order valence-corrected chi connectivity index (χ1v) is 3.47. The third-order valence-corrected chi connectivity index (χ3v) is 1.54. The summed E-state index contributed by atoms with van der Waals surface area (Å²) in [6.07, 6.45) is 0. The molecule has 5 N–H and O–H groups in total. The number of carbonyl (C=O) groups excluding carboxylic acids is 1. The Labute approximate surface area is 69.8 Å². The van der Waals surface area contributed by atoms with E-state index in [0.29, 0.717) is 0 Å². The maximum absolute atomic E-state index is 11.1. The van der Waals surface area contributed by atoms with E-state index in [1.807, 2.05) is 0 Å². The molecule has 1 aromatic rings. The van der Waals surface area contributed by atoms with Crippen LogP contribution in [0.15, 0.2) is 18.2 Å². The number of nitrogens with two attached hydrogens (primary N) is 2. The fourth-order valence-electron chi connectivity index (χ4n) is 0.963. The fraction of sp³-hybridized carbons (Fsp3) is 0.125. The molecule has 0 amide bonds. The molecule has 1 rings (SSSR count). The number of aromatic hydroxyl groups is 1. The molecule has 0 fully saturated rings. The molecule has 0 bridgehead atoms. The van der Waals surface area contributed by atoms with E-state index < -0.39 is 0 Å². The molecule has 1 aromatic carbocycles. The number of rotatable bonds is 2. The zero-order chi connectivity index (χ0) is 9.14. The summed E-state index contributed by atoms with van der Waals surface area (Å²) in [7, 11) is 0. The molecular weight excluding hydrogens is 156 g/mol. The van der Waals surface area contributed by atoms with Crippen molar-refractivity contribution in [1.29, 1.82) is 0 Å². The van der Waals surface area contributed by atoms with Crippen molar-refractivity contribution < 1.29 is 9.90 Å². The van der Waals surface area contributed by atoms with Gasteiger partial charge in [-0.25, -0.2) is 0 Å². The van der Waals surface area contributed by atoms with Crippen LogP contribution in [-0.4, -0.2) is 17.4 Å². The quantitative estimate of drug-likeness (QED) is 0.430. The van der Waals surface area contributed by atoms with Crippen LogP contribution in [0.25, 0.3) is 0 Å². The summed E-state index contributed by atoms with van der Waals surface area (Å²) in [6.45, 7) is -0.151. The van der Waals surface area contributed by atoms with Crippen molar-refractivity contribution in [2.45, 2.75) is 0 Å². The van der Waals surface area contributed by atoms with Gasteiger partial charge in [-0.15, -0.1) is 0 Å². The minimum atomic E-state index is -0.356. The molecule has 12 heavy (non-hydrogen) atoms. The number of anilines is 1. The van der Waals surface area contributed by atoms with E-state index in [-0.39, 0.29) is 29.3 Å². The van der Waals surface area contributed by atoms with Crippen LogP contribution < -0.4 is 11.5 Å². The average Bonchev–Trinajstić information content (AvgIpc) is 2.03. The van der Waals surface area contributed by atoms with Gasteiger partial charge in [-0.2, -0.15) is 0 Å². The van der Waals surface area contributed by atoms with Gasteiger partial charge < -0.3 is 16.6 Å². The second-order valence-electron chi connectivity index (χ2n) is 2.37. The van der Waals surface area contributed by atoms with Crippen LogP contribution in [0, 0.1) is 0 Å². The summed E-state index contributed by atoms with van der Waals surface area (Å²) in [4.78, 5) is 11.1. The Morgan fingerprint density at radius 1 is 1.50 bits per heavy atom. The smallest absolute Gasteiger partial charge is 0.182 e. The second-order valence-corrected chi connectivity index (χ2v) is 2.37. The number of phenols is 1. The van der Waals surface area contributed by atoms with Crippen LogP contribution in [0.1, 0.15) is 10.4 Å². The Morgan fingerprint density at radius 2 is 2.17 bits per heavy atom. The highest BCUT2D eigenvalue weighted by atomic mass is 16.3. The normalized spacial score (nSPS) is 9.75. The molecule has 0 aliphatic carbocycles. The van der Waals surface area contributed by atoms with Gasteiger partial charge in [0, 0.05) is 5.69 Å². The lowest BCUT2D eigenvalue weighted by Gasteiger charge is -2.04. The van der Waals surface area contributed by atoms with Crippen molar-refractivity contribution in [3.63, 3.8) is 0 Å². The van der Waals surface area contributed by atoms with Gasteiger partial charge >= 0.3 is 0 Å². The molecule has 64 valence electrons. The van der Waals surface area contributed by atoms with E-state index in [0.717, 1.165) is 0 Å². The van der Waals surface area contributed by atoms with Crippen molar-refractivity contribution in [3.05, 3.63) is 23.8 Å². The van der Waals surface area contributed by atoms with Crippen LogP contribution in [0.2, 0.25) is 0 Å². The Morgan fingerprint density at radius 3 is 2.67 bits per heavy atom. The van der Waals surface area contributed by atoms with E-state index >= 15 is 0 Å². The molecule has 0 heterocycles. The van der Waals surface area contributed by atoms with Crippen LogP contribution in [0.4, 0.5) is 5.69 Å². The molecule has 4 heteroatoms. The molecule has 0 radical (unpaired) electrons. The third-order valence-electron chi connectivity index (χ3n) is 1.54. The topological polar surface area (TPSA) is 89.3 Å². The van der Waals surface area contributed by atoms with Gasteiger partial charge in [0.25, 0.3) is 0 Å². The molecule has 0 aromatic heterocycles. The number of nitrogen functional groups attached to an aromatic ring is 1. The van der Waals surface area contributed by atoms with Crippen molar-refractivity contribution in [2.24, 2.45) is 5.73 Å². The molecule has 0 unspecified atom stereocenters. The van der Waals surface area contributed by atoms with Gasteiger partial charge in [-0.3, -0.25) is 4.79 Å². The molecular formula is C8H10N2O2. The number of Topliss-reactive ketones (excluding diaryl/α,β-unsaturated/α-hetero) is 1. The van der Waals surface area contributed by atoms with E-state index in [1.54, 1.807) is 12.1 Å². The largest absolute Gasteiger partial charge is 0.507 e. The van der Waals surface area contributed by atoms with Gasteiger partial charge in [-0.05, 0) is 12.1 Å². The molecule has 0 aliphatic rings. The van der Waals surface area contributed by atoms with Crippen molar-refractivity contribution in [3.8, 4) is 5.75 Å². The van der Waals surface area contributed by atoms with Crippen LogP contribution in [-0.2, 0) is 0 Å². The number of hydrogen-bond acceptors (Lipinski definition) is 4. The molecule has 0 aliphatic heterocycles. The Hall–Kier alpha value is -1.55. The average molecular weight is 166 g/mol. The monoisotopic (exact) mass is 166 g/mol. The highest BCUT2D eigenvalue weighted by Gasteiger charge is 2.11. The van der Waals surface area contributed by atoms with E-state index in [9.17, 15) is 9.90 Å². The number of hydrogen-bond donors (Lipinski definition) is 3. The summed E-state index contributed by atoms with van der Waals surface area (Å²) in [5.41, 5.74) is 11.0. The Bertz CT molecular complexity index is 290.